The maximum Gasteiger partial charge on any atom is 0.327 e. The van der Waals surface area contributed by atoms with Gasteiger partial charge in [0.05, 0.1) is 20.9 Å². The van der Waals surface area contributed by atoms with Gasteiger partial charge in [-0.3, -0.25) is 9.59 Å². The van der Waals surface area contributed by atoms with Crippen molar-refractivity contribution in [1.29, 1.82) is 0 Å². The van der Waals surface area contributed by atoms with Gasteiger partial charge in [-0.05, 0) is 6.08 Å². The van der Waals surface area contributed by atoms with Crippen LogP contribution < -0.4 is 0 Å². The molecule has 0 saturated carbocycles. The summed E-state index contributed by atoms with van der Waals surface area (Å²) in [6.07, 6.45) is 2.43. The second-order valence-corrected chi connectivity index (χ2v) is 9.98. The summed E-state index contributed by atoms with van der Waals surface area (Å²) in [6.45, 7) is 6.44. The first kappa shape index (κ1) is 14.3. The molecule has 1 aromatic heterocycles. The molecule has 0 bridgehead atoms. The highest BCUT2D eigenvalue weighted by Gasteiger charge is 2.14. The lowest BCUT2D eigenvalue weighted by Gasteiger charge is -2.08. The molecule has 6 nitrogen and oxygen atoms in total. The van der Waals surface area contributed by atoms with Crippen molar-refractivity contribution < 1.29 is 14.3 Å². The highest BCUT2D eigenvalue weighted by Crippen LogP contribution is 2.10. The number of methoxy groups -OCH3 is 1. The predicted molar refractivity (Wildman–Crippen MR) is 69.8 cm³/mol. The largest absolute Gasteiger partial charge is 0.468 e. The zero-order valence-electron chi connectivity index (χ0n) is 11.0. The van der Waals surface area contributed by atoms with Crippen LogP contribution in [-0.4, -0.2) is 42.4 Å². The van der Waals surface area contributed by atoms with E-state index in [1.54, 1.807) is 6.08 Å². The van der Waals surface area contributed by atoms with E-state index in [9.17, 15) is 9.59 Å². The van der Waals surface area contributed by atoms with Crippen molar-refractivity contribution in [1.82, 2.24) is 15.0 Å². The summed E-state index contributed by atoms with van der Waals surface area (Å²) in [6, 6.07) is 0. The average molecular weight is 267 g/mol. The SMILES string of the molecule is COC(=O)Cn1nnc(C=O)c1/C=C/[Si](C)(C)C. The van der Waals surface area contributed by atoms with E-state index in [-0.39, 0.29) is 12.2 Å². The number of carbonyl (C=O) groups is 2. The molecule has 0 aliphatic rings. The van der Waals surface area contributed by atoms with E-state index in [1.165, 1.54) is 11.8 Å². The number of ether oxygens (including phenoxy) is 1. The van der Waals surface area contributed by atoms with Crippen molar-refractivity contribution in [2.24, 2.45) is 0 Å². The first-order valence-corrected chi connectivity index (χ1v) is 9.10. The fraction of sp³-hybridized carbons (Fsp3) is 0.455. The predicted octanol–water partition coefficient (Wildman–Crippen LogP) is 1.15. The molecule has 0 aromatic carbocycles. The molecule has 0 saturated heterocycles. The molecule has 0 aliphatic heterocycles. The Kier molecular flexibility index (Phi) is 4.54. The van der Waals surface area contributed by atoms with Crippen LogP contribution in [0.2, 0.25) is 19.6 Å². The Morgan fingerprint density at radius 1 is 1.44 bits per heavy atom. The second-order valence-electron chi connectivity index (χ2n) is 4.91. The van der Waals surface area contributed by atoms with E-state index in [0.717, 1.165) is 0 Å². The van der Waals surface area contributed by atoms with Crippen molar-refractivity contribution in [2.45, 2.75) is 26.2 Å². The number of rotatable bonds is 5. The lowest BCUT2D eigenvalue weighted by atomic mass is 10.3. The van der Waals surface area contributed by atoms with E-state index in [0.29, 0.717) is 12.0 Å². The Morgan fingerprint density at radius 2 is 2.11 bits per heavy atom. The minimum Gasteiger partial charge on any atom is -0.468 e. The Balaban J connectivity index is 3.06. The molecule has 1 heterocycles. The van der Waals surface area contributed by atoms with E-state index >= 15 is 0 Å². The molecule has 7 heteroatoms. The van der Waals surface area contributed by atoms with Crippen molar-refractivity contribution in [3.05, 3.63) is 17.1 Å². The van der Waals surface area contributed by atoms with Gasteiger partial charge in [-0.1, -0.05) is 30.6 Å². The molecule has 0 radical (unpaired) electrons. The Bertz CT molecular complexity index is 474. The normalized spacial score (nSPS) is 11.8. The fourth-order valence-corrected chi connectivity index (χ4v) is 1.88. The number of nitrogens with zero attached hydrogens (tertiary/aromatic N) is 3. The summed E-state index contributed by atoms with van der Waals surface area (Å²) in [4.78, 5) is 22.1. The summed E-state index contributed by atoms with van der Waals surface area (Å²) >= 11 is 0. The van der Waals surface area contributed by atoms with Crippen LogP contribution in [0.15, 0.2) is 5.70 Å². The molecule has 0 N–H and O–H groups in total. The summed E-state index contributed by atoms with van der Waals surface area (Å²) in [5.74, 6) is -0.431. The molecule has 0 fully saturated rings. The average Bonchev–Trinajstić information content (AvgIpc) is 2.67. The quantitative estimate of drug-likeness (QED) is 0.454. The zero-order valence-corrected chi connectivity index (χ0v) is 12.0. The first-order valence-electron chi connectivity index (χ1n) is 5.52. The molecule has 0 spiro atoms. The lowest BCUT2D eigenvalue weighted by Crippen LogP contribution is -2.17. The molecular weight excluding hydrogens is 250 g/mol. The standard InChI is InChI=1S/C11H17N3O3Si/c1-17-11(16)7-14-10(5-6-18(2,3)4)9(8-15)12-13-14/h5-6,8H,7H2,1-4H3/b6-5+. The Labute approximate surface area is 107 Å². The van der Waals surface area contributed by atoms with Gasteiger partial charge in [0.2, 0.25) is 0 Å². The first-order chi connectivity index (χ1) is 8.37. The number of hydrogen-bond donors (Lipinski definition) is 0. The molecule has 98 valence electrons. The van der Waals surface area contributed by atoms with Gasteiger partial charge in [-0.2, -0.15) is 0 Å². The van der Waals surface area contributed by atoms with Crippen LogP contribution in [0.1, 0.15) is 16.2 Å². The number of carbonyl (C=O) groups excluding carboxylic acids is 2. The van der Waals surface area contributed by atoms with Gasteiger partial charge in [0.25, 0.3) is 0 Å². The van der Waals surface area contributed by atoms with Crippen LogP contribution in [0.3, 0.4) is 0 Å². The maximum atomic E-state index is 11.2. The molecule has 1 rings (SSSR count). The monoisotopic (exact) mass is 267 g/mol. The van der Waals surface area contributed by atoms with Crippen LogP contribution in [0.5, 0.6) is 0 Å². The van der Waals surface area contributed by atoms with Crippen molar-refractivity contribution in [2.75, 3.05) is 7.11 Å². The number of esters is 1. The zero-order chi connectivity index (χ0) is 13.8. The number of hydrogen-bond acceptors (Lipinski definition) is 5. The van der Waals surface area contributed by atoms with Gasteiger partial charge in [-0.25, -0.2) is 4.68 Å². The van der Waals surface area contributed by atoms with Gasteiger partial charge in [-0.15, -0.1) is 5.10 Å². The Hall–Kier alpha value is -1.76. The van der Waals surface area contributed by atoms with Crippen molar-refractivity contribution >= 4 is 26.4 Å². The third-order valence-corrected chi connectivity index (χ3v) is 3.33. The minimum absolute atomic E-state index is 0.0529. The van der Waals surface area contributed by atoms with Crippen LogP contribution >= 0.6 is 0 Å². The van der Waals surface area contributed by atoms with E-state index in [4.69, 9.17) is 0 Å². The number of aldehydes is 1. The molecule has 1 aromatic rings. The van der Waals surface area contributed by atoms with Crippen LogP contribution in [0.25, 0.3) is 6.08 Å². The van der Waals surface area contributed by atoms with Crippen molar-refractivity contribution in [3.8, 4) is 0 Å². The summed E-state index contributed by atoms with van der Waals surface area (Å²) < 4.78 is 5.93. The van der Waals surface area contributed by atoms with Crippen LogP contribution in [-0.2, 0) is 16.1 Å². The summed E-state index contributed by atoms with van der Waals surface area (Å²) in [5.41, 5.74) is 2.83. The van der Waals surface area contributed by atoms with Gasteiger partial charge in [0, 0.05) is 0 Å². The maximum absolute atomic E-state index is 11.2. The highest BCUT2D eigenvalue weighted by molar-refractivity contribution is 6.81. The van der Waals surface area contributed by atoms with E-state index in [2.05, 4.69) is 40.4 Å². The molecule has 0 unspecified atom stereocenters. The van der Waals surface area contributed by atoms with Crippen molar-refractivity contribution in [3.63, 3.8) is 0 Å². The molecule has 18 heavy (non-hydrogen) atoms. The van der Waals surface area contributed by atoms with E-state index < -0.39 is 14.0 Å². The van der Waals surface area contributed by atoms with Crippen LogP contribution in [0, 0.1) is 0 Å². The van der Waals surface area contributed by atoms with E-state index in [1.807, 2.05) is 0 Å². The second kappa shape index (κ2) is 5.72. The Morgan fingerprint density at radius 3 is 2.61 bits per heavy atom. The summed E-state index contributed by atoms with van der Waals surface area (Å²) in [5, 5.41) is 7.50. The topological polar surface area (TPSA) is 74.1 Å². The van der Waals surface area contributed by atoms with Gasteiger partial charge < -0.3 is 4.74 Å². The summed E-state index contributed by atoms with van der Waals surface area (Å²) in [7, 11) is -0.0987. The molecule has 0 amide bonds. The lowest BCUT2D eigenvalue weighted by molar-refractivity contribution is -0.141. The van der Waals surface area contributed by atoms with Gasteiger partial charge >= 0.3 is 5.97 Å². The molecule has 0 atom stereocenters. The highest BCUT2D eigenvalue weighted by atomic mass is 28.3. The smallest absolute Gasteiger partial charge is 0.327 e. The van der Waals surface area contributed by atoms with Gasteiger partial charge in [0.1, 0.15) is 6.54 Å². The third kappa shape index (κ3) is 3.92. The molecular formula is C11H17N3O3Si. The van der Waals surface area contributed by atoms with Crippen LogP contribution in [0.4, 0.5) is 0 Å². The molecule has 0 aliphatic carbocycles. The van der Waals surface area contributed by atoms with Gasteiger partial charge in [0.15, 0.2) is 12.0 Å². The number of aromatic nitrogens is 3. The third-order valence-electron chi connectivity index (χ3n) is 2.16. The minimum atomic E-state index is -1.40. The fourth-order valence-electron chi connectivity index (χ4n) is 1.22.